The summed E-state index contributed by atoms with van der Waals surface area (Å²) in [6, 6.07) is 7.73. The number of fused-ring (bicyclic) bond motifs is 1. The number of piperidine rings is 1. The molecule has 1 amide bonds. The van der Waals surface area contributed by atoms with Gasteiger partial charge in [0.2, 0.25) is 0 Å². The normalized spacial score (nSPS) is 17.0. The standard InChI is InChI=1S/C17H24N4O/c1-2-9-21-10-7-13(8-11-21)12-18-17(22)16-14-5-3-4-6-15(14)19-20-16/h3-6,13H,2,7-12H2,1H3,(H,18,22)(H,19,20). The van der Waals surface area contributed by atoms with E-state index in [1.807, 2.05) is 24.3 Å². The molecule has 1 saturated heterocycles. The molecule has 0 spiro atoms. The number of likely N-dealkylation sites (tertiary alicyclic amines) is 1. The number of hydrogen-bond acceptors (Lipinski definition) is 3. The van der Waals surface area contributed by atoms with Crippen molar-refractivity contribution in [3.05, 3.63) is 30.0 Å². The maximum absolute atomic E-state index is 12.3. The second kappa shape index (κ2) is 6.92. The third kappa shape index (κ3) is 3.30. The highest BCUT2D eigenvalue weighted by Gasteiger charge is 2.20. The van der Waals surface area contributed by atoms with Crippen molar-refractivity contribution in [2.75, 3.05) is 26.2 Å². The van der Waals surface area contributed by atoms with E-state index in [2.05, 4.69) is 27.3 Å². The molecule has 0 saturated carbocycles. The molecular formula is C17H24N4O. The van der Waals surface area contributed by atoms with Crippen molar-refractivity contribution in [1.82, 2.24) is 20.4 Å². The summed E-state index contributed by atoms with van der Waals surface area (Å²) in [5.74, 6) is 0.510. The highest BCUT2D eigenvalue weighted by molar-refractivity contribution is 6.04. The number of para-hydroxylation sites is 1. The van der Waals surface area contributed by atoms with E-state index in [-0.39, 0.29) is 5.91 Å². The van der Waals surface area contributed by atoms with Crippen molar-refractivity contribution in [3.8, 4) is 0 Å². The van der Waals surface area contributed by atoms with Gasteiger partial charge in [-0.2, -0.15) is 5.10 Å². The summed E-state index contributed by atoms with van der Waals surface area (Å²) in [5.41, 5.74) is 1.40. The van der Waals surface area contributed by atoms with Gasteiger partial charge in [0.25, 0.3) is 5.91 Å². The van der Waals surface area contributed by atoms with Crippen LogP contribution < -0.4 is 5.32 Å². The van der Waals surface area contributed by atoms with Crippen LogP contribution in [0, 0.1) is 5.92 Å². The monoisotopic (exact) mass is 300 g/mol. The lowest BCUT2D eigenvalue weighted by atomic mass is 9.96. The van der Waals surface area contributed by atoms with Gasteiger partial charge >= 0.3 is 0 Å². The van der Waals surface area contributed by atoms with Crippen molar-refractivity contribution in [2.45, 2.75) is 26.2 Å². The van der Waals surface area contributed by atoms with Crippen molar-refractivity contribution in [1.29, 1.82) is 0 Å². The first-order chi connectivity index (χ1) is 10.8. The maximum Gasteiger partial charge on any atom is 0.272 e. The number of carbonyl (C=O) groups excluding carboxylic acids is 1. The Hall–Kier alpha value is -1.88. The third-order valence-corrected chi connectivity index (χ3v) is 4.48. The quantitative estimate of drug-likeness (QED) is 0.891. The molecule has 1 aromatic carbocycles. The Labute approximate surface area is 131 Å². The van der Waals surface area contributed by atoms with Gasteiger partial charge in [-0.25, -0.2) is 0 Å². The Kier molecular flexibility index (Phi) is 4.73. The zero-order valence-electron chi connectivity index (χ0n) is 13.1. The Balaban J connectivity index is 1.53. The van der Waals surface area contributed by atoms with Crippen molar-refractivity contribution < 1.29 is 4.79 Å². The number of nitrogens with one attached hydrogen (secondary N) is 2. The molecule has 22 heavy (non-hydrogen) atoms. The summed E-state index contributed by atoms with van der Waals surface area (Å²) < 4.78 is 0. The van der Waals surface area contributed by atoms with Crippen LogP contribution >= 0.6 is 0 Å². The number of amides is 1. The number of aromatic amines is 1. The molecule has 5 nitrogen and oxygen atoms in total. The number of nitrogens with zero attached hydrogens (tertiary/aromatic N) is 2. The van der Waals surface area contributed by atoms with E-state index >= 15 is 0 Å². The molecule has 5 heteroatoms. The molecule has 2 aromatic rings. The first kappa shape index (κ1) is 15.0. The van der Waals surface area contributed by atoms with Crippen LogP contribution in [0.5, 0.6) is 0 Å². The van der Waals surface area contributed by atoms with Crippen molar-refractivity contribution in [2.24, 2.45) is 5.92 Å². The maximum atomic E-state index is 12.3. The van der Waals surface area contributed by atoms with Gasteiger partial charge in [-0.05, 0) is 50.9 Å². The SMILES string of the molecule is CCCN1CCC(CNC(=O)c2n[nH]c3ccccc23)CC1. The van der Waals surface area contributed by atoms with E-state index < -0.39 is 0 Å². The second-order valence-electron chi connectivity index (χ2n) is 6.11. The summed E-state index contributed by atoms with van der Waals surface area (Å²) in [6.07, 6.45) is 3.55. The van der Waals surface area contributed by atoms with Gasteiger partial charge in [0.15, 0.2) is 5.69 Å². The van der Waals surface area contributed by atoms with Gasteiger partial charge in [0.05, 0.1) is 5.52 Å². The summed E-state index contributed by atoms with van der Waals surface area (Å²) in [7, 11) is 0. The molecule has 3 rings (SSSR count). The first-order valence-corrected chi connectivity index (χ1v) is 8.21. The van der Waals surface area contributed by atoms with Crippen molar-refractivity contribution in [3.63, 3.8) is 0 Å². The van der Waals surface area contributed by atoms with E-state index in [1.165, 1.54) is 25.8 Å². The predicted octanol–water partition coefficient (Wildman–Crippen LogP) is 2.41. The fourth-order valence-electron chi connectivity index (χ4n) is 3.19. The highest BCUT2D eigenvalue weighted by atomic mass is 16.1. The number of H-pyrrole nitrogens is 1. The molecule has 2 heterocycles. The van der Waals surface area contributed by atoms with Crippen LogP contribution in [-0.4, -0.2) is 47.2 Å². The lowest BCUT2D eigenvalue weighted by molar-refractivity contribution is 0.0933. The minimum absolute atomic E-state index is 0.0755. The molecule has 2 N–H and O–H groups in total. The predicted molar refractivity (Wildman–Crippen MR) is 87.9 cm³/mol. The smallest absolute Gasteiger partial charge is 0.272 e. The molecule has 0 radical (unpaired) electrons. The Morgan fingerprint density at radius 3 is 2.91 bits per heavy atom. The number of benzene rings is 1. The summed E-state index contributed by atoms with van der Waals surface area (Å²) in [5, 5.41) is 11.0. The Morgan fingerprint density at radius 2 is 2.14 bits per heavy atom. The van der Waals surface area contributed by atoms with Crippen LogP contribution in [0.3, 0.4) is 0 Å². The van der Waals surface area contributed by atoms with E-state index in [0.29, 0.717) is 11.6 Å². The molecule has 0 atom stereocenters. The number of aromatic nitrogens is 2. The number of rotatable bonds is 5. The van der Waals surface area contributed by atoms with Crippen LogP contribution in [0.15, 0.2) is 24.3 Å². The summed E-state index contributed by atoms with van der Waals surface area (Å²) >= 11 is 0. The highest BCUT2D eigenvalue weighted by Crippen LogP contribution is 2.18. The minimum Gasteiger partial charge on any atom is -0.350 e. The second-order valence-corrected chi connectivity index (χ2v) is 6.11. The zero-order valence-corrected chi connectivity index (χ0v) is 13.1. The molecule has 0 unspecified atom stereocenters. The van der Waals surface area contributed by atoms with Crippen LogP contribution in [-0.2, 0) is 0 Å². The van der Waals surface area contributed by atoms with Crippen LogP contribution in [0.2, 0.25) is 0 Å². The molecule has 118 valence electrons. The van der Waals surface area contributed by atoms with Gasteiger partial charge in [0.1, 0.15) is 0 Å². The fraction of sp³-hybridized carbons (Fsp3) is 0.529. The van der Waals surface area contributed by atoms with Gasteiger partial charge in [-0.3, -0.25) is 9.89 Å². The van der Waals surface area contributed by atoms with Crippen LogP contribution in [0.4, 0.5) is 0 Å². The van der Waals surface area contributed by atoms with E-state index in [0.717, 1.165) is 30.5 Å². The van der Waals surface area contributed by atoms with Gasteiger partial charge < -0.3 is 10.2 Å². The minimum atomic E-state index is -0.0755. The largest absolute Gasteiger partial charge is 0.350 e. The summed E-state index contributed by atoms with van der Waals surface area (Å²) in [4.78, 5) is 14.8. The van der Waals surface area contributed by atoms with E-state index in [1.54, 1.807) is 0 Å². The van der Waals surface area contributed by atoms with Gasteiger partial charge in [-0.1, -0.05) is 25.1 Å². The molecule has 1 fully saturated rings. The van der Waals surface area contributed by atoms with Crippen LogP contribution in [0.1, 0.15) is 36.7 Å². The summed E-state index contributed by atoms with van der Waals surface area (Å²) in [6.45, 7) is 6.47. The zero-order chi connectivity index (χ0) is 15.4. The van der Waals surface area contributed by atoms with Gasteiger partial charge in [-0.15, -0.1) is 0 Å². The lowest BCUT2D eigenvalue weighted by Gasteiger charge is -2.31. The van der Waals surface area contributed by atoms with Gasteiger partial charge in [0, 0.05) is 11.9 Å². The fourth-order valence-corrected chi connectivity index (χ4v) is 3.19. The number of carbonyl (C=O) groups is 1. The molecule has 1 aliphatic heterocycles. The average molecular weight is 300 g/mol. The first-order valence-electron chi connectivity index (χ1n) is 8.21. The average Bonchev–Trinajstić information content (AvgIpc) is 2.98. The molecule has 1 aliphatic rings. The lowest BCUT2D eigenvalue weighted by Crippen LogP contribution is -2.39. The van der Waals surface area contributed by atoms with Crippen molar-refractivity contribution >= 4 is 16.8 Å². The number of hydrogen-bond donors (Lipinski definition) is 2. The molecule has 1 aromatic heterocycles. The third-order valence-electron chi connectivity index (χ3n) is 4.48. The molecule has 0 aliphatic carbocycles. The Morgan fingerprint density at radius 1 is 1.36 bits per heavy atom. The van der Waals surface area contributed by atoms with Crippen LogP contribution in [0.25, 0.3) is 10.9 Å². The molecular weight excluding hydrogens is 276 g/mol. The van der Waals surface area contributed by atoms with E-state index in [4.69, 9.17) is 0 Å². The topological polar surface area (TPSA) is 61.0 Å². The van der Waals surface area contributed by atoms with E-state index in [9.17, 15) is 4.79 Å². The molecule has 0 bridgehead atoms. The Bertz CT molecular complexity index is 628.